The van der Waals surface area contributed by atoms with E-state index in [-0.39, 0.29) is 0 Å². The lowest BCUT2D eigenvalue weighted by atomic mass is 10.1. The number of halogens is 1. The maximum Gasteiger partial charge on any atom is 0.202 e. The summed E-state index contributed by atoms with van der Waals surface area (Å²) in [5.74, 6) is 0.750. The molecule has 108 valence electrons. The summed E-state index contributed by atoms with van der Waals surface area (Å²) in [5, 5.41) is 14.5. The Balaban J connectivity index is 1.85. The number of aliphatic hydroxyl groups excluding tert-OH is 1. The van der Waals surface area contributed by atoms with E-state index < -0.39 is 6.10 Å². The number of methoxy groups -OCH3 is 1. The minimum absolute atomic E-state index is 0.376. The van der Waals surface area contributed by atoms with E-state index in [1.54, 1.807) is 31.4 Å². The Kier molecular flexibility index (Phi) is 5.72. The Morgan fingerprint density at radius 2 is 2.15 bits per heavy atom. The lowest BCUT2D eigenvalue weighted by Crippen LogP contribution is -2.12. The summed E-state index contributed by atoms with van der Waals surface area (Å²) in [6.45, 7) is 0.976. The highest BCUT2D eigenvalue weighted by atomic mass is 35.5. The van der Waals surface area contributed by atoms with Gasteiger partial charge in [-0.15, -0.1) is 0 Å². The van der Waals surface area contributed by atoms with Crippen LogP contribution in [0.15, 0.2) is 24.3 Å². The van der Waals surface area contributed by atoms with Crippen LogP contribution in [-0.2, 0) is 11.2 Å². The fourth-order valence-corrected chi connectivity index (χ4v) is 2.35. The van der Waals surface area contributed by atoms with Gasteiger partial charge in [-0.2, -0.15) is 4.37 Å². The molecule has 0 saturated heterocycles. The Morgan fingerprint density at radius 1 is 1.40 bits per heavy atom. The molecule has 1 aromatic heterocycles. The number of nitrogens with zero attached hydrogens (tertiary/aromatic N) is 2. The number of aromatic nitrogens is 2. The van der Waals surface area contributed by atoms with Crippen LogP contribution in [0.2, 0.25) is 5.02 Å². The van der Waals surface area contributed by atoms with Crippen LogP contribution in [0.1, 0.15) is 17.5 Å². The summed E-state index contributed by atoms with van der Waals surface area (Å²) in [7, 11) is 1.65. The SMILES string of the molecule is COCCc1nsc(NCC(O)c2ccc(Cl)cc2)n1. The zero-order valence-corrected chi connectivity index (χ0v) is 12.6. The van der Waals surface area contributed by atoms with Crippen LogP contribution < -0.4 is 5.32 Å². The van der Waals surface area contributed by atoms with Gasteiger partial charge >= 0.3 is 0 Å². The summed E-state index contributed by atoms with van der Waals surface area (Å²) in [5.41, 5.74) is 0.811. The van der Waals surface area contributed by atoms with Crippen molar-refractivity contribution in [2.45, 2.75) is 12.5 Å². The third-order valence-corrected chi connectivity index (χ3v) is 3.66. The number of rotatable bonds is 7. The second-order valence-corrected chi connectivity index (χ2v) is 5.40. The number of anilines is 1. The highest BCUT2D eigenvalue weighted by Crippen LogP contribution is 2.18. The summed E-state index contributed by atoms with van der Waals surface area (Å²) in [4.78, 5) is 4.31. The van der Waals surface area contributed by atoms with Crippen LogP contribution in [0.25, 0.3) is 0 Å². The third kappa shape index (κ3) is 4.42. The van der Waals surface area contributed by atoms with Crippen LogP contribution in [0.5, 0.6) is 0 Å². The average Bonchev–Trinajstić information content (AvgIpc) is 2.91. The predicted molar refractivity (Wildman–Crippen MR) is 80.4 cm³/mol. The van der Waals surface area contributed by atoms with Crippen LogP contribution in [0.3, 0.4) is 0 Å². The molecule has 2 aromatic rings. The average molecular weight is 314 g/mol. The first kappa shape index (κ1) is 15.2. The second-order valence-electron chi connectivity index (χ2n) is 4.21. The second kappa shape index (κ2) is 7.54. The quantitative estimate of drug-likeness (QED) is 0.822. The molecule has 2 N–H and O–H groups in total. The zero-order chi connectivity index (χ0) is 14.4. The zero-order valence-electron chi connectivity index (χ0n) is 11.0. The lowest BCUT2D eigenvalue weighted by Gasteiger charge is -2.11. The number of nitrogens with one attached hydrogen (secondary N) is 1. The molecule has 0 aliphatic rings. The largest absolute Gasteiger partial charge is 0.387 e. The molecular weight excluding hydrogens is 298 g/mol. The van der Waals surface area contributed by atoms with E-state index in [9.17, 15) is 5.11 Å². The van der Waals surface area contributed by atoms with Gasteiger partial charge in [-0.3, -0.25) is 0 Å². The minimum atomic E-state index is -0.612. The number of aliphatic hydroxyl groups is 1. The van der Waals surface area contributed by atoms with Crippen molar-refractivity contribution in [1.29, 1.82) is 0 Å². The Morgan fingerprint density at radius 3 is 2.85 bits per heavy atom. The Labute approximate surface area is 126 Å². The van der Waals surface area contributed by atoms with E-state index >= 15 is 0 Å². The van der Waals surface area contributed by atoms with Crippen molar-refractivity contribution < 1.29 is 9.84 Å². The van der Waals surface area contributed by atoms with Gasteiger partial charge in [0.25, 0.3) is 0 Å². The molecule has 1 aromatic carbocycles. The molecule has 1 atom stereocenters. The first-order valence-corrected chi connectivity index (χ1v) is 7.33. The van der Waals surface area contributed by atoms with E-state index in [0.29, 0.717) is 29.7 Å². The molecule has 0 bridgehead atoms. The number of benzene rings is 1. The topological polar surface area (TPSA) is 67.3 Å². The molecular formula is C13H16ClN3O2S. The highest BCUT2D eigenvalue weighted by Gasteiger charge is 2.09. The molecule has 1 unspecified atom stereocenters. The van der Waals surface area contributed by atoms with Gasteiger partial charge in [-0.05, 0) is 17.7 Å². The fourth-order valence-electron chi connectivity index (χ4n) is 1.61. The molecule has 0 saturated carbocycles. The van der Waals surface area contributed by atoms with Crippen molar-refractivity contribution in [3.8, 4) is 0 Å². The number of ether oxygens (including phenoxy) is 1. The van der Waals surface area contributed by atoms with E-state index in [1.165, 1.54) is 11.5 Å². The Hall–Kier alpha value is -1.21. The fraction of sp³-hybridized carbons (Fsp3) is 0.385. The van der Waals surface area contributed by atoms with Crippen molar-refractivity contribution in [2.75, 3.05) is 25.6 Å². The molecule has 0 spiro atoms. The molecule has 1 heterocycles. The summed E-state index contributed by atoms with van der Waals surface area (Å²) in [6.07, 6.45) is 0.0765. The van der Waals surface area contributed by atoms with Gasteiger partial charge in [0.05, 0.1) is 12.7 Å². The van der Waals surface area contributed by atoms with Crippen molar-refractivity contribution in [2.24, 2.45) is 0 Å². The summed E-state index contributed by atoms with van der Waals surface area (Å²) >= 11 is 7.09. The van der Waals surface area contributed by atoms with Crippen LogP contribution in [0, 0.1) is 0 Å². The number of hydrogen-bond acceptors (Lipinski definition) is 6. The van der Waals surface area contributed by atoms with E-state index in [2.05, 4.69) is 14.7 Å². The van der Waals surface area contributed by atoms with Crippen molar-refractivity contribution in [3.63, 3.8) is 0 Å². The molecule has 0 fully saturated rings. The first-order chi connectivity index (χ1) is 9.69. The van der Waals surface area contributed by atoms with Crippen LogP contribution >= 0.6 is 23.1 Å². The monoisotopic (exact) mass is 313 g/mol. The van der Waals surface area contributed by atoms with Crippen LogP contribution in [0.4, 0.5) is 5.13 Å². The van der Waals surface area contributed by atoms with Crippen molar-refractivity contribution in [1.82, 2.24) is 9.36 Å². The van der Waals surface area contributed by atoms with E-state index in [1.807, 2.05) is 0 Å². The predicted octanol–water partition coefficient (Wildman–Crippen LogP) is 2.53. The van der Waals surface area contributed by atoms with Gasteiger partial charge in [0, 0.05) is 36.6 Å². The molecule has 0 amide bonds. The van der Waals surface area contributed by atoms with Gasteiger partial charge in [-0.25, -0.2) is 4.98 Å². The smallest absolute Gasteiger partial charge is 0.202 e. The third-order valence-electron chi connectivity index (χ3n) is 2.70. The normalized spacial score (nSPS) is 12.3. The van der Waals surface area contributed by atoms with Crippen molar-refractivity contribution >= 4 is 28.3 Å². The maximum atomic E-state index is 10.1. The van der Waals surface area contributed by atoms with Gasteiger partial charge in [0.2, 0.25) is 5.13 Å². The molecule has 20 heavy (non-hydrogen) atoms. The molecule has 0 aliphatic carbocycles. The molecule has 7 heteroatoms. The van der Waals surface area contributed by atoms with E-state index in [4.69, 9.17) is 16.3 Å². The summed E-state index contributed by atoms with van der Waals surface area (Å²) < 4.78 is 9.18. The van der Waals surface area contributed by atoms with E-state index in [0.717, 1.165) is 11.4 Å². The Bertz CT molecular complexity index is 533. The molecule has 2 rings (SSSR count). The van der Waals surface area contributed by atoms with Gasteiger partial charge in [0.1, 0.15) is 5.82 Å². The lowest BCUT2D eigenvalue weighted by molar-refractivity contribution is 0.191. The highest BCUT2D eigenvalue weighted by molar-refractivity contribution is 7.09. The first-order valence-electron chi connectivity index (χ1n) is 6.18. The van der Waals surface area contributed by atoms with Crippen LogP contribution in [-0.4, -0.2) is 34.7 Å². The molecule has 0 radical (unpaired) electrons. The van der Waals surface area contributed by atoms with Crippen molar-refractivity contribution in [3.05, 3.63) is 40.7 Å². The van der Waals surface area contributed by atoms with Gasteiger partial charge in [-0.1, -0.05) is 23.7 Å². The van der Waals surface area contributed by atoms with Gasteiger partial charge in [0.15, 0.2) is 0 Å². The number of hydrogen-bond donors (Lipinski definition) is 2. The summed E-state index contributed by atoms with van der Waals surface area (Å²) in [6, 6.07) is 7.12. The maximum absolute atomic E-state index is 10.1. The molecule has 0 aliphatic heterocycles. The standard InChI is InChI=1S/C13H16ClN3O2S/c1-19-7-6-12-16-13(20-17-12)15-8-11(18)9-2-4-10(14)5-3-9/h2-5,11,18H,6-8H2,1H3,(H,15,16,17). The van der Waals surface area contributed by atoms with Gasteiger partial charge < -0.3 is 15.2 Å². The minimum Gasteiger partial charge on any atom is -0.387 e. The molecule has 5 nitrogen and oxygen atoms in total.